The van der Waals surface area contributed by atoms with Gasteiger partial charge >= 0.3 is 0 Å². The second-order valence-electron chi connectivity index (χ2n) is 3.41. The summed E-state index contributed by atoms with van der Waals surface area (Å²) in [6, 6.07) is 4.74. The van der Waals surface area contributed by atoms with Gasteiger partial charge in [-0.25, -0.2) is 0 Å². The number of aromatic hydroxyl groups is 1. The van der Waals surface area contributed by atoms with Gasteiger partial charge in [0.05, 0.1) is 12.1 Å². The number of phenols is 1. The zero-order valence-electron chi connectivity index (χ0n) is 8.70. The lowest BCUT2D eigenvalue weighted by molar-refractivity contribution is -0.116. The van der Waals surface area contributed by atoms with Gasteiger partial charge in [-0.2, -0.15) is 0 Å². The van der Waals surface area contributed by atoms with E-state index in [1.54, 1.807) is 12.1 Å². The van der Waals surface area contributed by atoms with Crippen molar-refractivity contribution in [3.63, 3.8) is 0 Å². The van der Waals surface area contributed by atoms with Crippen molar-refractivity contribution in [1.29, 1.82) is 0 Å². The smallest absolute Gasteiger partial charge is 0.255 e. The lowest BCUT2D eigenvalue weighted by atomic mass is 10.1. The van der Waals surface area contributed by atoms with Gasteiger partial charge in [0, 0.05) is 0 Å². The number of hydrogen-bond acceptors (Lipinski definition) is 3. The topological polar surface area (TPSA) is 66.4 Å². The number of Topliss-reactive ketones (excluding diaryl/α,β-unsaturated/α-hetero) is 1. The number of nitrogens with one attached hydrogen (secondary N) is 1. The molecule has 0 fully saturated rings. The van der Waals surface area contributed by atoms with Crippen molar-refractivity contribution < 1.29 is 14.7 Å². The molecule has 2 N–H and O–H groups in total. The third-order valence-electron chi connectivity index (χ3n) is 1.89. The number of benzene rings is 1. The molecule has 1 amide bonds. The van der Waals surface area contributed by atoms with Crippen molar-refractivity contribution in [3.05, 3.63) is 29.3 Å². The third-order valence-corrected chi connectivity index (χ3v) is 1.89. The Morgan fingerprint density at radius 2 is 2.07 bits per heavy atom. The Hall–Kier alpha value is -1.84. The number of aryl methyl sites for hydroxylation is 1. The van der Waals surface area contributed by atoms with Gasteiger partial charge < -0.3 is 10.4 Å². The van der Waals surface area contributed by atoms with Gasteiger partial charge in [0.2, 0.25) is 0 Å². The second-order valence-corrected chi connectivity index (χ2v) is 3.41. The van der Waals surface area contributed by atoms with Crippen LogP contribution < -0.4 is 5.32 Å². The van der Waals surface area contributed by atoms with Gasteiger partial charge in [-0.1, -0.05) is 11.6 Å². The summed E-state index contributed by atoms with van der Waals surface area (Å²) < 4.78 is 0. The molecule has 1 aromatic rings. The molecular weight excluding hydrogens is 194 g/mol. The molecule has 0 heterocycles. The fourth-order valence-corrected chi connectivity index (χ4v) is 1.13. The van der Waals surface area contributed by atoms with Crippen LogP contribution in [0.25, 0.3) is 0 Å². The Bertz CT molecular complexity index is 399. The molecule has 0 aliphatic rings. The first-order valence-electron chi connectivity index (χ1n) is 4.58. The lowest BCUT2D eigenvalue weighted by Gasteiger charge is -2.05. The number of carbonyl (C=O) groups excluding carboxylic acids is 2. The van der Waals surface area contributed by atoms with E-state index >= 15 is 0 Å². The molecule has 0 atom stereocenters. The molecule has 0 bridgehead atoms. The molecule has 15 heavy (non-hydrogen) atoms. The molecule has 0 spiro atoms. The van der Waals surface area contributed by atoms with Crippen LogP contribution in [0.5, 0.6) is 5.75 Å². The molecule has 0 unspecified atom stereocenters. The molecule has 0 aliphatic carbocycles. The summed E-state index contributed by atoms with van der Waals surface area (Å²) >= 11 is 0. The zero-order chi connectivity index (χ0) is 11.4. The van der Waals surface area contributed by atoms with E-state index in [4.69, 9.17) is 0 Å². The number of amides is 1. The SMILES string of the molecule is CC(=O)CNC(=O)c1cc(C)ccc1O. The predicted molar refractivity (Wildman–Crippen MR) is 55.9 cm³/mol. The first-order chi connectivity index (χ1) is 7.00. The molecule has 0 radical (unpaired) electrons. The van der Waals surface area contributed by atoms with Crippen LogP contribution in [-0.4, -0.2) is 23.3 Å². The zero-order valence-corrected chi connectivity index (χ0v) is 8.70. The van der Waals surface area contributed by atoms with Gasteiger partial charge in [-0.05, 0) is 26.0 Å². The summed E-state index contributed by atoms with van der Waals surface area (Å²) in [5, 5.41) is 11.8. The third kappa shape index (κ3) is 3.09. The molecule has 0 aliphatic heterocycles. The van der Waals surface area contributed by atoms with Crippen LogP contribution in [0.3, 0.4) is 0 Å². The maximum absolute atomic E-state index is 11.5. The first-order valence-corrected chi connectivity index (χ1v) is 4.58. The van der Waals surface area contributed by atoms with Crippen LogP contribution in [0.1, 0.15) is 22.8 Å². The average molecular weight is 207 g/mol. The highest BCUT2D eigenvalue weighted by molar-refractivity contribution is 5.98. The molecular formula is C11H13NO3. The van der Waals surface area contributed by atoms with Crippen molar-refractivity contribution in [1.82, 2.24) is 5.32 Å². The summed E-state index contributed by atoms with van der Waals surface area (Å²) in [6.45, 7) is 3.18. The van der Waals surface area contributed by atoms with Crippen LogP contribution in [0.4, 0.5) is 0 Å². The normalized spacial score (nSPS) is 9.73. The van der Waals surface area contributed by atoms with Gasteiger partial charge in [-0.15, -0.1) is 0 Å². The molecule has 80 valence electrons. The van der Waals surface area contributed by atoms with E-state index in [0.717, 1.165) is 5.56 Å². The fourth-order valence-electron chi connectivity index (χ4n) is 1.13. The Kier molecular flexibility index (Phi) is 3.44. The van der Waals surface area contributed by atoms with E-state index in [0.29, 0.717) is 0 Å². The summed E-state index contributed by atoms with van der Waals surface area (Å²) in [7, 11) is 0. The molecule has 1 aromatic carbocycles. The lowest BCUT2D eigenvalue weighted by Crippen LogP contribution is -2.28. The van der Waals surface area contributed by atoms with Crippen LogP contribution in [0.15, 0.2) is 18.2 Å². The standard InChI is InChI=1S/C11H13NO3/c1-7-3-4-10(14)9(5-7)11(15)12-6-8(2)13/h3-5,14H,6H2,1-2H3,(H,12,15). The average Bonchev–Trinajstić information content (AvgIpc) is 2.18. The minimum Gasteiger partial charge on any atom is -0.507 e. The Labute approximate surface area is 87.9 Å². The highest BCUT2D eigenvalue weighted by Gasteiger charge is 2.10. The van der Waals surface area contributed by atoms with Gasteiger partial charge in [0.15, 0.2) is 0 Å². The van der Waals surface area contributed by atoms with E-state index in [1.165, 1.54) is 13.0 Å². The maximum Gasteiger partial charge on any atom is 0.255 e. The van der Waals surface area contributed by atoms with Crippen molar-refractivity contribution in [3.8, 4) is 5.75 Å². The van der Waals surface area contributed by atoms with Crippen LogP contribution in [0.2, 0.25) is 0 Å². The van der Waals surface area contributed by atoms with E-state index in [9.17, 15) is 14.7 Å². The van der Waals surface area contributed by atoms with E-state index < -0.39 is 5.91 Å². The quantitative estimate of drug-likeness (QED) is 0.777. The molecule has 4 heteroatoms. The molecule has 4 nitrogen and oxygen atoms in total. The molecule has 0 aromatic heterocycles. The van der Waals surface area contributed by atoms with Crippen molar-refractivity contribution >= 4 is 11.7 Å². The predicted octanol–water partition coefficient (Wildman–Crippen LogP) is 1.02. The summed E-state index contributed by atoms with van der Waals surface area (Å²) in [4.78, 5) is 22.2. The van der Waals surface area contributed by atoms with Crippen molar-refractivity contribution in [2.45, 2.75) is 13.8 Å². The molecule has 0 saturated carbocycles. The van der Waals surface area contributed by atoms with Crippen LogP contribution in [0, 0.1) is 6.92 Å². The largest absolute Gasteiger partial charge is 0.507 e. The molecule has 0 saturated heterocycles. The highest BCUT2D eigenvalue weighted by atomic mass is 16.3. The highest BCUT2D eigenvalue weighted by Crippen LogP contribution is 2.17. The summed E-state index contributed by atoms with van der Waals surface area (Å²) in [5.41, 5.74) is 1.07. The monoisotopic (exact) mass is 207 g/mol. The van der Waals surface area contributed by atoms with E-state index in [2.05, 4.69) is 5.32 Å². The molecule has 1 rings (SSSR count). The Morgan fingerprint density at radius 3 is 2.67 bits per heavy atom. The van der Waals surface area contributed by atoms with E-state index in [-0.39, 0.29) is 23.6 Å². The second kappa shape index (κ2) is 4.59. The van der Waals surface area contributed by atoms with Crippen molar-refractivity contribution in [2.24, 2.45) is 0 Å². The number of carbonyl (C=O) groups is 2. The van der Waals surface area contributed by atoms with E-state index in [1.807, 2.05) is 6.92 Å². The first kappa shape index (κ1) is 11.2. The van der Waals surface area contributed by atoms with Gasteiger partial charge in [0.25, 0.3) is 5.91 Å². The van der Waals surface area contributed by atoms with Crippen LogP contribution in [-0.2, 0) is 4.79 Å². The van der Waals surface area contributed by atoms with Gasteiger partial charge in [-0.3, -0.25) is 9.59 Å². The number of rotatable bonds is 3. The summed E-state index contributed by atoms with van der Waals surface area (Å²) in [5.74, 6) is -0.649. The minimum absolute atomic E-state index is 0.0216. The number of phenolic OH excluding ortho intramolecular Hbond substituents is 1. The summed E-state index contributed by atoms with van der Waals surface area (Å²) in [6.07, 6.45) is 0. The fraction of sp³-hybridized carbons (Fsp3) is 0.273. The Morgan fingerprint density at radius 1 is 1.40 bits per heavy atom. The minimum atomic E-state index is -0.439. The number of ketones is 1. The van der Waals surface area contributed by atoms with Gasteiger partial charge in [0.1, 0.15) is 11.5 Å². The Balaban J connectivity index is 2.81. The van der Waals surface area contributed by atoms with Crippen molar-refractivity contribution in [2.75, 3.05) is 6.54 Å². The van der Waals surface area contributed by atoms with Crippen LogP contribution >= 0.6 is 0 Å². The number of hydrogen-bond donors (Lipinski definition) is 2. The maximum atomic E-state index is 11.5.